The summed E-state index contributed by atoms with van der Waals surface area (Å²) in [4.78, 5) is 48.3. The second-order valence-electron chi connectivity index (χ2n) is 8.38. The predicted molar refractivity (Wildman–Crippen MR) is 107 cm³/mol. The van der Waals surface area contributed by atoms with E-state index in [9.17, 15) is 29.4 Å². The molecule has 0 radical (unpaired) electrons. The molecular weight excluding hydrogens is 408 g/mol. The molecule has 2 fully saturated rings. The number of esters is 3. The van der Waals surface area contributed by atoms with E-state index in [1.807, 2.05) is 0 Å². The summed E-state index contributed by atoms with van der Waals surface area (Å²) in [6.45, 7) is 7.97. The van der Waals surface area contributed by atoms with Gasteiger partial charge in [-0.3, -0.25) is 9.59 Å². The minimum Gasteiger partial charge on any atom is -0.466 e. The SMILES string of the molecule is C=C(C(=O)OC)[C@@H]1[C@@H](O)[C@@H]2C(=O)CC[C@@H](O)[C@@]2(C)C[C@@H]1OC(=O)/C(C)=C\COC(C)=O. The molecule has 9 nitrogen and oxygen atoms in total. The van der Waals surface area contributed by atoms with Crippen LogP contribution < -0.4 is 0 Å². The van der Waals surface area contributed by atoms with Crippen LogP contribution in [0.3, 0.4) is 0 Å². The van der Waals surface area contributed by atoms with Crippen LogP contribution in [0.2, 0.25) is 0 Å². The summed E-state index contributed by atoms with van der Waals surface area (Å²) in [5.74, 6) is -4.27. The first kappa shape index (κ1) is 24.7. The largest absolute Gasteiger partial charge is 0.466 e. The van der Waals surface area contributed by atoms with E-state index >= 15 is 0 Å². The van der Waals surface area contributed by atoms with Crippen LogP contribution in [0.25, 0.3) is 0 Å². The Bertz CT molecular complexity index is 799. The lowest BCUT2D eigenvalue weighted by atomic mass is 9.53. The number of hydrogen-bond acceptors (Lipinski definition) is 9. The summed E-state index contributed by atoms with van der Waals surface area (Å²) in [5.41, 5.74) is -1.00. The van der Waals surface area contributed by atoms with Crippen LogP contribution in [0.15, 0.2) is 23.8 Å². The van der Waals surface area contributed by atoms with Crippen LogP contribution >= 0.6 is 0 Å². The van der Waals surface area contributed by atoms with Crippen molar-refractivity contribution in [3.63, 3.8) is 0 Å². The van der Waals surface area contributed by atoms with Gasteiger partial charge < -0.3 is 24.4 Å². The third-order valence-corrected chi connectivity index (χ3v) is 6.34. The Morgan fingerprint density at radius 1 is 1.23 bits per heavy atom. The van der Waals surface area contributed by atoms with Gasteiger partial charge in [-0.25, -0.2) is 9.59 Å². The summed E-state index contributed by atoms with van der Waals surface area (Å²) < 4.78 is 15.1. The molecule has 0 heterocycles. The van der Waals surface area contributed by atoms with E-state index in [4.69, 9.17) is 14.2 Å². The van der Waals surface area contributed by atoms with Crippen molar-refractivity contribution in [2.45, 2.75) is 58.3 Å². The third-order valence-electron chi connectivity index (χ3n) is 6.34. The van der Waals surface area contributed by atoms with Crippen LogP contribution in [-0.2, 0) is 33.4 Å². The van der Waals surface area contributed by atoms with Gasteiger partial charge in [0, 0.05) is 29.9 Å². The molecular formula is C22H30O9. The molecule has 0 unspecified atom stereocenters. The maximum Gasteiger partial charge on any atom is 0.333 e. The van der Waals surface area contributed by atoms with E-state index < -0.39 is 53.5 Å². The quantitative estimate of drug-likeness (QED) is 0.351. The molecule has 2 rings (SSSR count). The highest BCUT2D eigenvalue weighted by atomic mass is 16.5. The highest BCUT2D eigenvalue weighted by Gasteiger charge is 2.60. The molecule has 2 saturated carbocycles. The number of carbonyl (C=O) groups is 4. The molecule has 31 heavy (non-hydrogen) atoms. The minimum atomic E-state index is -1.39. The van der Waals surface area contributed by atoms with Gasteiger partial charge in [-0.1, -0.05) is 13.5 Å². The standard InChI is InChI=1S/C22H30O9/c1-11(8-9-30-13(3)23)20(27)31-15-10-22(4)16(25)7-6-14(24)18(22)19(26)17(15)12(2)21(28)29-5/h8,15-19,25-26H,2,6-7,9-10H2,1,3-5H3/b11-8-/t15-,16+,17-,18-,19+,22+/m0/s1. The second kappa shape index (κ2) is 9.74. The molecule has 0 saturated heterocycles. The van der Waals surface area contributed by atoms with Crippen LogP contribution in [0.4, 0.5) is 0 Å². The van der Waals surface area contributed by atoms with Gasteiger partial charge in [0.2, 0.25) is 0 Å². The Kier molecular flexibility index (Phi) is 7.77. The highest BCUT2D eigenvalue weighted by molar-refractivity contribution is 5.90. The Labute approximate surface area is 181 Å². The zero-order chi connectivity index (χ0) is 23.5. The van der Waals surface area contributed by atoms with E-state index in [2.05, 4.69) is 6.58 Å². The fourth-order valence-electron chi connectivity index (χ4n) is 4.58. The van der Waals surface area contributed by atoms with Gasteiger partial charge in [-0.15, -0.1) is 0 Å². The Morgan fingerprint density at radius 3 is 2.45 bits per heavy atom. The number of ketones is 1. The van der Waals surface area contributed by atoms with Crippen molar-refractivity contribution in [1.82, 2.24) is 0 Å². The molecule has 6 atom stereocenters. The molecule has 2 aliphatic rings. The molecule has 0 aromatic heterocycles. The highest BCUT2D eigenvalue weighted by Crippen LogP contribution is 2.52. The van der Waals surface area contributed by atoms with Crippen molar-refractivity contribution in [3.05, 3.63) is 23.8 Å². The molecule has 0 aliphatic heterocycles. The van der Waals surface area contributed by atoms with Gasteiger partial charge in [-0.05, 0) is 25.8 Å². The summed E-state index contributed by atoms with van der Waals surface area (Å²) in [6, 6.07) is 0. The number of aliphatic hydroxyl groups is 2. The van der Waals surface area contributed by atoms with Crippen LogP contribution in [-0.4, -0.2) is 65.9 Å². The van der Waals surface area contributed by atoms with Crippen molar-refractivity contribution < 1.29 is 43.6 Å². The summed E-state index contributed by atoms with van der Waals surface area (Å²) >= 11 is 0. The van der Waals surface area contributed by atoms with E-state index in [0.29, 0.717) is 0 Å². The fraction of sp³-hybridized carbons (Fsp3) is 0.636. The zero-order valence-corrected chi connectivity index (χ0v) is 18.3. The number of fused-ring (bicyclic) bond motifs is 1. The van der Waals surface area contributed by atoms with Crippen LogP contribution in [0, 0.1) is 17.3 Å². The number of aliphatic hydroxyl groups excluding tert-OH is 2. The topological polar surface area (TPSA) is 136 Å². The summed E-state index contributed by atoms with van der Waals surface area (Å²) in [6.07, 6.45) is -1.55. The molecule has 0 amide bonds. The smallest absolute Gasteiger partial charge is 0.333 e. The summed E-state index contributed by atoms with van der Waals surface area (Å²) in [7, 11) is 1.16. The number of hydrogen-bond donors (Lipinski definition) is 2. The first-order valence-electron chi connectivity index (χ1n) is 10.1. The Morgan fingerprint density at radius 2 is 1.87 bits per heavy atom. The van der Waals surface area contributed by atoms with Gasteiger partial charge in [0.05, 0.1) is 31.2 Å². The van der Waals surface area contributed by atoms with Crippen LogP contribution in [0.5, 0.6) is 0 Å². The van der Waals surface area contributed by atoms with Crippen molar-refractivity contribution >= 4 is 23.7 Å². The molecule has 2 N–H and O–H groups in total. The molecule has 172 valence electrons. The van der Waals surface area contributed by atoms with Gasteiger partial charge >= 0.3 is 17.9 Å². The fourth-order valence-corrected chi connectivity index (χ4v) is 4.58. The molecule has 2 aliphatic carbocycles. The number of ether oxygens (including phenoxy) is 3. The normalized spacial score (nSPS) is 33.2. The number of methoxy groups -OCH3 is 1. The second-order valence-corrected chi connectivity index (χ2v) is 8.38. The van der Waals surface area contributed by atoms with Crippen molar-refractivity contribution in [2.75, 3.05) is 13.7 Å². The first-order valence-corrected chi connectivity index (χ1v) is 10.1. The molecule has 0 aromatic rings. The van der Waals surface area contributed by atoms with E-state index in [1.54, 1.807) is 6.92 Å². The van der Waals surface area contributed by atoms with Crippen molar-refractivity contribution in [1.29, 1.82) is 0 Å². The monoisotopic (exact) mass is 438 g/mol. The maximum absolute atomic E-state index is 12.6. The third kappa shape index (κ3) is 5.04. The minimum absolute atomic E-state index is 0.0469. The molecule has 0 spiro atoms. The van der Waals surface area contributed by atoms with Crippen LogP contribution in [0.1, 0.15) is 40.0 Å². The van der Waals surface area contributed by atoms with Gasteiger partial charge in [0.15, 0.2) is 0 Å². The number of rotatable bonds is 6. The van der Waals surface area contributed by atoms with E-state index in [1.165, 1.54) is 19.9 Å². The lowest BCUT2D eigenvalue weighted by Gasteiger charge is -2.54. The average molecular weight is 438 g/mol. The average Bonchev–Trinajstić information content (AvgIpc) is 2.69. The van der Waals surface area contributed by atoms with E-state index in [-0.39, 0.29) is 42.8 Å². The van der Waals surface area contributed by atoms with Gasteiger partial charge in [-0.2, -0.15) is 0 Å². The maximum atomic E-state index is 12.6. The molecule has 0 bridgehead atoms. The Hall–Kier alpha value is -2.52. The van der Waals surface area contributed by atoms with Gasteiger partial charge in [0.25, 0.3) is 0 Å². The van der Waals surface area contributed by atoms with E-state index in [0.717, 1.165) is 7.11 Å². The molecule has 0 aromatic carbocycles. The van der Waals surface area contributed by atoms with Crippen molar-refractivity contribution in [3.8, 4) is 0 Å². The van der Waals surface area contributed by atoms with Crippen molar-refractivity contribution in [2.24, 2.45) is 17.3 Å². The molecule has 9 heteroatoms. The zero-order valence-electron chi connectivity index (χ0n) is 18.3. The first-order chi connectivity index (χ1) is 14.4. The van der Waals surface area contributed by atoms with Gasteiger partial charge in [0.1, 0.15) is 18.5 Å². The predicted octanol–water partition coefficient (Wildman–Crippen LogP) is 0.864. The lowest BCUT2D eigenvalue weighted by molar-refractivity contribution is -0.189. The summed E-state index contributed by atoms with van der Waals surface area (Å²) in [5, 5.41) is 21.7. The Balaban J connectivity index is 2.35. The number of Topliss-reactive ketones (excluding diaryl/α,β-unsaturated/α-hetero) is 1. The lowest BCUT2D eigenvalue weighted by Crippen LogP contribution is -2.62. The number of carbonyl (C=O) groups excluding carboxylic acids is 4.